The highest BCUT2D eigenvalue weighted by Crippen LogP contribution is 2.41. The van der Waals surface area contributed by atoms with Crippen LogP contribution in [0.25, 0.3) is 10.9 Å². The number of hydrogen-bond donors (Lipinski definition) is 1. The molecule has 1 N–H and O–H groups in total. The number of aromatic amines is 1. The molecule has 10 heteroatoms. The number of nitrogens with one attached hydrogen (secondary N) is 1. The summed E-state index contributed by atoms with van der Waals surface area (Å²) in [6.45, 7) is 5.10. The maximum Gasteiger partial charge on any atom is 0.400 e. The molecule has 0 radical (unpaired) electrons. The lowest BCUT2D eigenvalue weighted by Gasteiger charge is -2.28. The van der Waals surface area contributed by atoms with Gasteiger partial charge in [-0.25, -0.2) is 0 Å². The normalized spacial score (nSPS) is 13.0. The molecule has 0 aliphatic rings. The molecule has 0 saturated carbocycles. The van der Waals surface area contributed by atoms with Crippen LogP contribution in [0.3, 0.4) is 0 Å². The van der Waals surface area contributed by atoms with Gasteiger partial charge in [-0.2, -0.15) is 26.3 Å². The minimum absolute atomic E-state index is 0.0689. The molecule has 0 saturated heterocycles. The average Bonchev–Trinajstić information content (AvgIpc) is 3.18. The number of H-pyrrole nitrogens is 1. The largest absolute Gasteiger partial charge is 0.400 e. The molecule has 190 valence electrons. The van der Waals surface area contributed by atoms with E-state index in [1.807, 2.05) is 32.9 Å². The molecule has 1 aromatic heterocycles. The molecule has 0 aliphatic carbocycles. The molecule has 35 heavy (non-hydrogen) atoms. The van der Waals surface area contributed by atoms with E-state index in [4.69, 9.17) is 11.6 Å². The van der Waals surface area contributed by atoms with Gasteiger partial charge in [0.1, 0.15) is 0 Å². The second-order valence-corrected chi connectivity index (χ2v) is 9.93. The SMILES string of the molecule is CC(C)(C)c1ccc(CN(CCC(C(F)(F)F)C(F)(F)F)C(=O)c2cc(Cl)cc3cc[nH]c23)cc1. The third-order valence-corrected chi connectivity index (χ3v) is 6.03. The molecule has 3 aromatic rings. The zero-order chi connectivity index (χ0) is 26.2. The first kappa shape index (κ1) is 26.9. The van der Waals surface area contributed by atoms with Crippen molar-refractivity contribution in [2.24, 2.45) is 5.92 Å². The fourth-order valence-corrected chi connectivity index (χ4v) is 4.08. The molecular formula is C25H25ClF6N2O. The Bertz CT molecular complexity index is 1160. The number of rotatable bonds is 6. The van der Waals surface area contributed by atoms with Gasteiger partial charge in [0.25, 0.3) is 5.91 Å². The maximum atomic E-state index is 13.4. The van der Waals surface area contributed by atoms with Gasteiger partial charge < -0.3 is 9.88 Å². The van der Waals surface area contributed by atoms with E-state index in [0.29, 0.717) is 16.5 Å². The number of hydrogen-bond acceptors (Lipinski definition) is 1. The van der Waals surface area contributed by atoms with Crippen LogP contribution in [-0.4, -0.2) is 34.7 Å². The van der Waals surface area contributed by atoms with E-state index >= 15 is 0 Å². The number of carbonyl (C=O) groups is 1. The van der Waals surface area contributed by atoms with Gasteiger partial charge in [-0.15, -0.1) is 0 Å². The molecule has 0 spiro atoms. The van der Waals surface area contributed by atoms with Crippen molar-refractivity contribution in [2.75, 3.05) is 6.54 Å². The maximum absolute atomic E-state index is 13.4. The van der Waals surface area contributed by atoms with Crippen LogP contribution in [0.1, 0.15) is 48.7 Å². The summed E-state index contributed by atoms with van der Waals surface area (Å²) in [4.78, 5) is 17.3. The van der Waals surface area contributed by atoms with Crippen molar-refractivity contribution in [3.8, 4) is 0 Å². The van der Waals surface area contributed by atoms with Crippen LogP contribution >= 0.6 is 11.6 Å². The van der Waals surface area contributed by atoms with Crippen molar-refractivity contribution in [3.05, 3.63) is 70.4 Å². The van der Waals surface area contributed by atoms with Crippen LogP contribution < -0.4 is 0 Å². The van der Waals surface area contributed by atoms with E-state index in [0.717, 1.165) is 10.5 Å². The Kier molecular flexibility index (Phi) is 7.50. The fraction of sp³-hybridized carbons (Fsp3) is 0.400. The van der Waals surface area contributed by atoms with Gasteiger partial charge in [0.05, 0.1) is 11.1 Å². The summed E-state index contributed by atoms with van der Waals surface area (Å²) < 4.78 is 78.9. The minimum Gasteiger partial charge on any atom is -0.361 e. The molecular weight excluding hydrogens is 494 g/mol. The summed E-state index contributed by atoms with van der Waals surface area (Å²) in [6.07, 6.45) is -10.7. The molecule has 0 atom stereocenters. The van der Waals surface area contributed by atoms with E-state index < -0.39 is 37.1 Å². The highest BCUT2D eigenvalue weighted by Gasteiger charge is 2.56. The number of benzene rings is 2. The minimum atomic E-state index is -5.48. The van der Waals surface area contributed by atoms with Gasteiger partial charge >= 0.3 is 12.4 Å². The Morgan fingerprint density at radius 3 is 2.11 bits per heavy atom. The van der Waals surface area contributed by atoms with Crippen molar-refractivity contribution in [3.63, 3.8) is 0 Å². The standard InChI is InChI=1S/C25H25ClF6N2O/c1-23(2,3)17-6-4-15(5-7-17)14-34(11-9-20(24(27,28)29)25(30,31)32)22(35)19-13-18(26)12-16-8-10-33-21(16)19/h4-8,10,12-13,20,33H,9,11,14H2,1-3H3. The smallest absolute Gasteiger partial charge is 0.361 e. The highest BCUT2D eigenvalue weighted by molar-refractivity contribution is 6.32. The number of aromatic nitrogens is 1. The summed E-state index contributed by atoms with van der Waals surface area (Å²) in [7, 11) is 0. The predicted molar refractivity (Wildman–Crippen MR) is 123 cm³/mol. The molecule has 3 rings (SSSR count). The number of amides is 1. The molecule has 3 nitrogen and oxygen atoms in total. The lowest BCUT2D eigenvalue weighted by atomic mass is 9.87. The second-order valence-electron chi connectivity index (χ2n) is 9.49. The molecule has 0 unspecified atom stereocenters. The lowest BCUT2D eigenvalue weighted by Crippen LogP contribution is -2.40. The zero-order valence-electron chi connectivity index (χ0n) is 19.3. The van der Waals surface area contributed by atoms with Crippen LogP contribution in [0.4, 0.5) is 26.3 Å². The summed E-state index contributed by atoms with van der Waals surface area (Å²) >= 11 is 6.11. The van der Waals surface area contributed by atoms with Crippen molar-refractivity contribution in [1.82, 2.24) is 9.88 Å². The fourth-order valence-electron chi connectivity index (χ4n) is 3.86. The predicted octanol–water partition coefficient (Wildman–Crippen LogP) is 7.89. The monoisotopic (exact) mass is 518 g/mol. The molecule has 1 amide bonds. The first-order chi connectivity index (χ1) is 16.1. The quantitative estimate of drug-likeness (QED) is 0.331. The van der Waals surface area contributed by atoms with Gasteiger partial charge in [0.15, 0.2) is 5.92 Å². The Morgan fingerprint density at radius 1 is 0.971 bits per heavy atom. The number of fused-ring (bicyclic) bond motifs is 1. The van der Waals surface area contributed by atoms with Crippen molar-refractivity contribution < 1.29 is 31.1 Å². The van der Waals surface area contributed by atoms with Crippen LogP contribution in [-0.2, 0) is 12.0 Å². The molecule has 0 fully saturated rings. The van der Waals surface area contributed by atoms with E-state index in [2.05, 4.69) is 4.98 Å². The molecule has 0 bridgehead atoms. The summed E-state index contributed by atoms with van der Waals surface area (Å²) in [5.74, 6) is -4.26. The molecule has 1 heterocycles. The molecule has 0 aliphatic heterocycles. The lowest BCUT2D eigenvalue weighted by molar-refractivity contribution is -0.286. The van der Waals surface area contributed by atoms with Crippen molar-refractivity contribution >= 4 is 28.4 Å². The number of alkyl halides is 6. The van der Waals surface area contributed by atoms with Crippen LogP contribution in [0.2, 0.25) is 5.02 Å². The first-order valence-electron chi connectivity index (χ1n) is 10.9. The van der Waals surface area contributed by atoms with E-state index in [-0.39, 0.29) is 22.5 Å². The number of halogens is 7. The summed E-state index contributed by atoms with van der Waals surface area (Å²) in [6, 6.07) is 11.7. The Balaban J connectivity index is 1.96. The van der Waals surface area contributed by atoms with E-state index in [9.17, 15) is 31.1 Å². The van der Waals surface area contributed by atoms with Gasteiger partial charge in [0, 0.05) is 29.7 Å². The van der Waals surface area contributed by atoms with Crippen LogP contribution in [0.15, 0.2) is 48.7 Å². The summed E-state index contributed by atoms with van der Waals surface area (Å²) in [5, 5.41) is 0.817. The van der Waals surface area contributed by atoms with Gasteiger partial charge in [-0.1, -0.05) is 56.6 Å². The van der Waals surface area contributed by atoms with E-state index in [1.165, 1.54) is 6.07 Å². The number of carbonyl (C=O) groups excluding carboxylic acids is 1. The third-order valence-electron chi connectivity index (χ3n) is 5.81. The zero-order valence-corrected chi connectivity index (χ0v) is 20.1. The highest BCUT2D eigenvalue weighted by atomic mass is 35.5. The van der Waals surface area contributed by atoms with Gasteiger partial charge in [0.2, 0.25) is 0 Å². The summed E-state index contributed by atoms with van der Waals surface area (Å²) in [5.41, 5.74) is 1.89. The molecule has 2 aromatic carbocycles. The second kappa shape index (κ2) is 9.76. The topological polar surface area (TPSA) is 36.1 Å². The van der Waals surface area contributed by atoms with Crippen LogP contribution in [0.5, 0.6) is 0 Å². The van der Waals surface area contributed by atoms with Crippen LogP contribution in [0, 0.1) is 5.92 Å². The third kappa shape index (κ3) is 6.51. The van der Waals surface area contributed by atoms with Crippen molar-refractivity contribution in [2.45, 2.75) is 51.5 Å². The van der Waals surface area contributed by atoms with E-state index in [1.54, 1.807) is 30.5 Å². The first-order valence-corrected chi connectivity index (χ1v) is 11.2. The Hall–Kier alpha value is -2.68. The van der Waals surface area contributed by atoms with Gasteiger partial charge in [-0.05, 0) is 41.2 Å². The van der Waals surface area contributed by atoms with Gasteiger partial charge in [-0.3, -0.25) is 4.79 Å². The Morgan fingerprint density at radius 2 is 1.57 bits per heavy atom. The Labute approximate surface area is 204 Å². The number of nitrogens with zero attached hydrogens (tertiary/aromatic N) is 1. The van der Waals surface area contributed by atoms with Crippen molar-refractivity contribution in [1.29, 1.82) is 0 Å². The average molecular weight is 519 g/mol.